The summed E-state index contributed by atoms with van der Waals surface area (Å²) in [6, 6.07) is -1.40. The molecule has 1 heterocycles. The third-order valence-corrected chi connectivity index (χ3v) is 1.62. The number of nitrogens with zero attached hydrogens (tertiary/aromatic N) is 2. The number of aromatic nitrogens is 2. The standard InChI is InChI=1S/C6H6BrF2N3/c7-3-1-11-6(12-2-3)4(10)5(8)9/h1-2,4-5H,10H2. The van der Waals surface area contributed by atoms with Gasteiger partial charge in [-0.15, -0.1) is 0 Å². The van der Waals surface area contributed by atoms with Gasteiger partial charge in [-0.05, 0) is 15.9 Å². The average Bonchev–Trinajstić information content (AvgIpc) is 2.04. The summed E-state index contributed by atoms with van der Waals surface area (Å²) in [5.41, 5.74) is 5.10. The largest absolute Gasteiger partial charge is 0.317 e. The summed E-state index contributed by atoms with van der Waals surface area (Å²) >= 11 is 3.08. The summed E-state index contributed by atoms with van der Waals surface area (Å²) in [5, 5.41) is 0. The second-order valence-electron chi connectivity index (χ2n) is 2.12. The van der Waals surface area contributed by atoms with E-state index in [4.69, 9.17) is 5.73 Å². The van der Waals surface area contributed by atoms with Gasteiger partial charge in [0.25, 0.3) is 6.43 Å². The Bertz CT molecular complexity index is 251. The van der Waals surface area contributed by atoms with Gasteiger partial charge in [0.2, 0.25) is 0 Å². The molecule has 0 amide bonds. The molecule has 2 N–H and O–H groups in total. The first-order chi connectivity index (χ1) is 5.61. The molecule has 0 bridgehead atoms. The van der Waals surface area contributed by atoms with E-state index >= 15 is 0 Å². The van der Waals surface area contributed by atoms with Gasteiger partial charge in [-0.25, -0.2) is 18.7 Å². The topological polar surface area (TPSA) is 51.8 Å². The number of hydrogen-bond acceptors (Lipinski definition) is 3. The highest BCUT2D eigenvalue weighted by molar-refractivity contribution is 9.10. The van der Waals surface area contributed by atoms with E-state index in [-0.39, 0.29) is 5.82 Å². The van der Waals surface area contributed by atoms with Gasteiger partial charge >= 0.3 is 0 Å². The van der Waals surface area contributed by atoms with E-state index in [0.717, 1.165) is 0 Å². The minimum Gasteiger partial charge on any atom is -0.317 e. The molecule has 0 saturated carbocycles. The minimum atomic E-state index is -2.63. The van der Waals surface area contributed by atoms with Gasteiger partial charge in [-0.1, -0.05) is 0 Å². The lowest BCUT2D eigenvalue weighted by molar-refractivity contribution is 0.113. The molecule has 1 rings (SSSR count). The van der Waals surface area contributed by atoms with Crippen molar-refractivity contribution in [1.29, 1.82) is 0 Å². The zero-order valence-electron chi connectivity index (χ0n) is 5.92. The molecule has 1 unspecified atom stereocenters. The molecule has 66 valence electrons. The first kappa shape index (κ1) is 9.47. The second-order valence-corrected chi connectivity index (χ2v) is 3.04. The van der Waals surface area contributed by atoms with Crippen molar-refractivity contribution in [1.82, 2.24) is 9.97 Å². The van der Waals surface area contributed by atoms with Crippen LogP contribution in [0, 0.1) is 0 Å². The maximum absolute atomic E-state index is 12.0. The van der Waals surface area contributed by atoms with Gasteiger partial charge in [-0.3, -0.25) is 0 Å². The maximum Gasteiger partial charge on any atom is 0.260 e. The first-order valence-corrected chi connectivity index (χ1v) is 3.91. The fourth-order valence-corrected chi connectivity index (χ4v) is 0.812. The van der Waals surface area contributed by atoms with Crippen LogP contribution in [0.1, 0.15) is 11.9 Å². The Morgan fingerprint density at radius 2 is 1.83 bits per heavy atom. The van der Waals surface area contributed by atoms with Crippen molar-refractivity contribution in [3.05, 3.63) is 22.7 Å². The lowest BCUT2D eigenvalue weighted by atomic mass is 10.3. The normalized spacial score (nSPS) is 13.4. The maximum atomic E-state index is 12.0. The monoisotopic (exact) mass is 237 g/mol. The third-order valence-electron chi connectivity index (χ3n) is 1.21. The molecule has 3 nitrogen and oxygen atoms in total. The van der Waals surface area contributed by atoms with Crippen LogP contribution in [-0.4, -0.2) is 16.4 Å². The van der Waals surface area contributed by atoms with Crippen molar-refractivity contribution in [3.8, 4) is 0 Å². The molecule has 0 aliphatic heterocycles. The molecule has 0 aliphatic rings. The molecule has 0 radical (unpaired) electrons. The van der Waals surface area contributed by atoms with Crippen LogP contribution in [0.3, 0.4) is 0 Å². The average molecular weight is 238 g/mol. The van der Waals surface area contributed by atoms with E-state index in [2.05, 4.69) is 25.9 Å². The van der Waals surface area contributed by atoms with Gasteiger partial charge in [0.15, 0.2) is 5.82 Å². The minimum absolute atomic E-state index is 0.0480. The fourth-order valence-electron chi connectivity index (χ4n) is 0.607. The van der Waals surface area contributed by atoms with Crippen LogP contribution >= 0.6 is 15.9 Å². The Balaban J connectivity index is 2.82. The number of alkyl halides is 2. The molecule has 1 atom stereocenters. The molecule has 1 aromatic heterocycles. The zero-order valence-corrected chi connectivity index (χ0v) is 7.50. The number of rotatable bonds is 2. The molecule has 0 fully saturated rings. The number of nitrogens with two attached hydrogens (primary N) is 1. The fraction of sp³-hybridized carbons (Fsp3) is 0.333. The predicted molar refractivity (Wildman–Crippen MR) is 42.7 cm³/mol. The summed E-state index contributed by atoms with van der Waals surface area (Å²) in [5.74, 6) is -0.0480. The van der Waals surface area contributed by atoms with Gasteiger partial charge in [0.05, 0.1) is 4.47 Å². The quantitative estimate of drug-likeness (QED) is 0.849. The van der Waals surface area contributed by atoms with Crippen molar-refractivity contribution < 1.29 is 8.78 Å². The van der Waals surface area contributed by atoms with E-state index in [1.165, 1.54) is 12.4 Å². The van der Waals surface area contributed by atoms with Gasteiger partial charge in [0, 0.05) is 12.4 Å². The van der Waals surface area contributed by atoms with Crippen LogP contribution in [0.4, 0.5) is 8.78 Å². The Hall–Kier alpha value is -0.620. The molecule has 0 saturated heterocycles. The summed E-state index contributed by atoms with van der Waals surface area (Å²) in [7, 11) is 0. The van der Waals surface area contributed by atoms with Gasteiger partial charge < -0.3 is 5.73 Å². The second kappa shape index (κ2) is 3.86. The highest BCUT2D eigenvalue weighted by atomic mass is 79.9. The summed E-state index contributed by atoms with van der Waals surface area (Å²) in [6.45, 7) is 0. The SMILES string of the molecule is NC(c1ncc(Br)cn1)C(F)F. The molecule has 6 heteroatoms. The highest BCUT2D eigenvalue weighted by Gasteiger charge is 2.19. The lowest BCUT2D eigenvalue weighted by Crippen LogP contribution is -2.21. The van der Waals surface area contributed by atoms with Crippen LogP contribution < -0.4 is 5.73 Å². The number of hydrogen-bond donors (Lipinski definition) is 1. The summed E-state index contributed by atoms with van der Waals surface area (Å²) < 4.78 is 24.6. The highest BCUT2D eigenvalue weighted by Crippen LogP contribution is 2.14. The van der Waals surface area contributed by atoms with E-state index < -0.39 is 12.5 Å². The van der Waals surface area contributed by atoms with Crippen LogP contribution in [0.15, 0.2) is 16.9 Å². The van der Waals surface area contributed by atoms with E-state index in [1.54, 1.807) is 0 Å². The molecule has 1 aromatic rings. The Morgan fingerprint density at radius 1 is 1.33 bits per heavy atom. The van der Waals surface area contributed by atoms with Crippen molar-refractivity contribution >= 4 is 15.9 Å². The van der Waals surface area contributed by atoms with Crippen molar-refractivity contribution in [2.24, 2.45) is 5.73 Å². The molecular formula is C6H6BrF2N3. The Labute approximate surface area is 76.1 Å². The third kappa shape index (κ3) is 2.18. The first-order valence-electron chi connectivity index (χ1n) is 3.12. The van der Waals surface area contributed by atoms with Gasteiger partial charge in [0.1, 0.15) is 6.04 Å². The number of halogens is 3. The molecule has 12 heavy (non-hydrogen) atoms. The van der Waals surface area contributed by atoms with Gasteiger partial charge in [-0.2, -0.15) is 0 Å². The summed E-state index contributed by atoms with van der Waals surface area (Å²) in [4.78, 5) is 7.27. The Kier molecular flexibility index (Phi) is 3.05. The smallest absolute Gasteiger partial charge is 0.260 e. The van der Waals surface area contributed by atoms with Crippen LogP contribution in [-0.2, 0) is 0 Å². The van der Waals surface area contributed by atoms with E-state index in [1.807, 2.05) is 0 Å². The van der Waals surface area contributed by atoms with Crippen molar-refractivity contribution in [2.45, 2.75) is 12.5 Å². The van der Waals surface area contributed by atoms with Crippen LogP contribution in [0.25, 0.3) is 0 Å². The molecule has 0 spiro atoms. The van der Waals surface area contributed by atoms with E-state index in [0.29, 0.717) is 4.47 Å². The molecular weight excluding hydrogens is 232 g/mol. The summed E-state index contributed by atoms with van der Waals surface area (Å²) in [6.07, 6.45) is 0.126. The predicted octanol–water partition coefficient (Wildman–Crippen LogP) is 1.50. The van der Waals surface area contributed by atoms with E-state index in [9.17, 15) is 8.78 Å². The van der Waals surface area contributed by atoms with Crippen molar-refractivity contribution in [2.75, 3.05) is 0 Å². The Morgan fingerprint density at radius 3 is 2.25 bits per heavy atom. The van der Waals surface area contributed by atoms with Crippen LogP contribution in [0.2, 0.25) is 0 Å². The molecule has 0 aromatic carbocycles. The van der Waals surface area contributed by atoms with Crippen LogP contribution in [0.5, 0.6) is 0 Å². The van der Waals surface area contributed by atoms with Crippen molar-refractivity contribution in [3.63, 3.8) is 0 Å². The lowest BCUT2D eigenvalue weighted by Gasteiger charge is -2.07. The zero-order chi connectivity index (χ0) is 9.14. The molecule has 0 aliphatic carbocycles.